The van der Waals surface area contributed by atoms with Gasteiger partial charge in [-0.1, -0.05) is 57.9 Å². The Bertz CT molecular complexity index is 659. The molecule has 0 aliphatic carbocycles. The van der Waals surface area contributed by atoms with E-state index in [0.717, 1.165) is 42.8 Å². The Morgan fingerprint density at radius 2 is 1.87 bits per heavy atom. The summed E-state index contributed by atoms with van der Waals surface area (Å²) in [5, 5.41) is 6.80. The van der Waals surface area contributed by atoms with Crippen LogP contribution in [-0.2, 0) is 6.54 Å². The van der Waals surface area contributed by atoms with Crippen LogP contribution in [0.1, 0.15) is 16.7 Å². The molecule has 1 aliphatic heterocycles. The molecule has 2 aromatic rings. The molecule has 120 valence electrons. The van der Waals surface area contributed by atoms with Gasteiger partial charge in [0.25, 0.3) is 0 Å². The van der Waals surface area contributed by atoms with Crippen molar-refractivity contribution >= 4 is 22.1 Å². The van der Waals surface area contributed by atoms with Crippen molar-refractivity contribution in [3.63, 3.8) is 0 Å². The Labute approximate surface area is 146 Å². The number of rotatable bonds is 4. The van der Waals surface area contributed by atoms with Gasteiger partial charge in [0.2, 0.25) is 0 Å². The summed E-state index contributed by atoms with van der Waals surface area (Å²) in [6.07, 6.45) is 1.95. The van der Waals surface area contributed by atoms with Crippen LogP contribution in [0.5, 0.6) is 0 Å². The molecular formula is C19H23BrN3+. The zero-order valence-corrected chi connectivity index (χ0v) is 15.1. The van der Waals surface area contributed by atoms with Crippen LogP contribution in [0.2, 0.25) is 0 Å². The van der Waals surface area contributed by atoms with Gasteiger partial charge in [-0.05, 0) is 24.6 Å². The second-order valence-corrected chi connectivity index (χ2v) is 7.08. The van der Waals surface area contributed by atoms with E-state index in [1.54, 1.807) is 4.90 Å². The van der Waals surface area contributed by atoms with Crippen LogP contribution >= 0.6 is 15.9 Å². The molecule has 3 rings (SSSR count). The van der Waals surface area contributed by atoms with E-state index < -0.39 is 0 Å². The molecule has 1 heterocycles. The molecular weight excluding hydrogens is 350 g/mol. The molecule has 1 saturated heterocycles. The minimum Gasteiger partial charge on any atom is -0.328 e. The lowest BCUT2D eigenvalue weighted by atomic mass is 10.1. The Morgan fingerprint density at radius 3 is 2.57 bits per heavy atom. The molecule has 1 N–H and O–H groups in total. The minimum atomic E-state index is 1.02. The number of hydrazone groups is 1. The Hall–Kier alpha value is -1.65. The molecule has 0 unspecified atom stereocenters. The van der Waals surface area contributed by atoms with E-state index in [-0.39, 0.29) is 0 Å². The predicted octanol–water partition coefficient (Wildman–Crippen LogP) is 2.49. The fraction of sp³-hybridized carbons (Fsp3) is 0.316. The Kier molecular flexibility index (Phi) is 5.47. The van der Waals surface area contributed by atoms with E-state index in [2.05, 4.69) is 69.4 Å². The van der Waals surface area contributed by atoms with Crippen molar-refractivity contribution in [2.75, 3.05) is 26.2 Å². The van der Waals surface area contributed by atoms with Gasteiger partial charge in [-0.2, -0.15) is 5.10 Å². The van der Waals surface area contributed by atoms with Crippen molar-refractivity contribution in [1.82, 2.24) is 5.01 Å². The number of hydrogen-bond acceptors (Lipinski definition) is 2. The van der Waals surface area contributed by atoms with Crippen molar-refractivity contribution in [3.05, 3.63) is 69.7 Å². The number of hydrogen-bond donors (Lipinski definition) is 1. The lowest BCUT2D eigenvalue weighted by molar-refractivity contribution is -0.918. The quantitative estimate of drug-likeness (QED) is 0.817. The SMILES string of the molecule is Cc1ccc(C[NH+]2CCN(/N=C\c3cccc(Br)c3)CC2)cc1. The van der Waals surface area contributed by atoms with Crippen LogP contribution in [0.15, 0.2) is 58.1 Å². The lowest BCUT2D eigenvalue weighted by Gasteiger charge is -2.30. The van der Waals surface area contributed by atoms with E-state index >= 15 is 0 Å². The van der Waals surface area contributed by atoms with E-state index in [1.807, 2.05) is 18.3 Å². The summed E-state index contributed by atoms with van der Waals surface area (Å²) in [6.45, 7) is 7.58. The van der Waals surface area contributed by atoms with Gasteiger partial charge in [0.05, 0.1) is 32.4 Å². The van der Waals surface area contributed by atoms with E-state index in [0.29, 0.717) is 0 Å². The molecule has 1 fully saturated rings. The van der Waals surface area contributed by atoms with Gasteiger partial charge in [-0.3, -0.25) is 5.01 Å². The van der Waals surface area contributed by atoms with Crippen LogP contribution in [-0.4, -0.2) is 37.4 Å². The molecule has 4 heteroatoms. The zero-order chi connectivity index (χ0) is 16.1. The average molecular weight is 373 g/mol. The van der Waals surface area contributed by atoms with Gasteiger partial charge in [0.1, 0.15) is 6.54 Å². The summed E-state index contributed by atoms with van der Waals surface area (Å²) < 4.78 is 1.09. The molecule has 0 bridgehead atoms. The number of nitrogens with one attached hydrogen (secondary N) is 1. The van der Waals surface area contributed by atoms with Crippen LogP contribution in [0.25, 0.3) is 0 Å². The molecule has 3 nitrogen and oxygen atoms in total. The Morgan fingerprint density at radius 1 is 1.13 bits per heavy atom. The third kappa shape index (κ3) is 4.91. The largest absolute Gasteiger partial charge is 0.328 e. The molecule has 0 radical (unpaired) electrons. The molecule has 23 heavy (non-hydrogen) atoms. The maximum Gasteiger partial charge on any atom is 0.103 e. The van der Waals surface area contributed by atoms with Gasteiger partial charge in [-0.15, -0.1) is 0 Å². The normalized spacial score (nSPS) is 16.2. The average Bonchev–Trinajstić information content (AvgIpc) is 2.56. The first-order valence-corrected chi connectivity index (χ1v) is 8.92. The smallest absolute Gasteiger partial charge is 0.103 e. The van der Waals surface area contributed by atoms with E-state index in [1.165, 1.54) is 11.1 Å². The van der Waals surface area contributed by atoms with Crippen LogP contribution in [0, 0.1) is 6.92 Å². The fourth-order valence-electron chi connectivity index (χ4n) is 2.83. The Balaban J connectivity index is 1.49. The van der Waals surface area contributed by atoms with Crippen molar-refractivity contribution in [1.29, 1.82) is 0 Å². The molecule has 0 amide bonds. The number of halogens is 1. The first-order chi connectivity index (χ1) is 11.2. The number of nitrogens with zero attached hydrogens (tertiary/aromatic N) is 2. The van der Waals surface area contributed by atoms with E-state index in [9.17, 15) is 0 Å². The number of piperazine rings is 1. The summed E-state index contributed by atoms with van der Waals surface area (Å²) >= 11 is 3.49. The maximum atomic E-state index is 4.62. The van der Waals surface area contributed by atoms with Crippen molar-refractivity contribution in [3.8, 4) is 0 Å². The van der Waals surface area contributed by atoms with Crippen LogP contribution in [0.4, 0.5) is 0 Å². The highest BCUT2D eigenvalue weighted by Gasteiger charge is 2.18. The molecule has 1 aliphatic rings. The van der Waals surface area contributed by atoms with Gasteiger partial charge in [0.15, 0.2) is 0 Å². The highest BCUT2D eigenvalue weighted by atomic mass is 79.9. The highest BCUT2D eigenvalue weighted by Crippen LogP contribution is 2.10. The standard InChI is InChI=1S/C19H22BrN3/c1-16-5-7-17(8-6-16)15-22-9-11-23(12-10-22)21-14-18-3-2-4-19(20)13-18/h2-8,13-14H,9-12,15H2,1H3/p+1/b21-14-. The number of quaternary nitrogens is 1. The molecule has 0 aromatic heterocycles. The number of aryl methyl sites for hydroxylation is 1. The third-order valence-corrected chi connectivity index (χ3v) is 4.73. The van der Waals surface area contributed by atoms with Gasteiger partial charge >= 0.3 is 0 Å². The second-order valence-electron chi connectivity index (χ2n) is 6.17. The van der Waals surface area contributed by atoms with Crippen molar-refractivity contribution < 1.29 is 4.90 Å². The van der Waals surface area contributed by atoms with Crippen LogP contribution < -0.4 is 4.90 Å². The summed E-state index contributed by atoms with van der Waals surface area (Å²) in [7, 11) is 0. The monoisotopic (exact) mass is 372 g/mol. The maximum absolute atomic E-state index is 4.62. The summed E-state index contributed by atoms with van der Waals surface area (Å²) in [5.41, 5.74) is 3.89. The summed E-state index contributed by atoms with van der Waals surface area (Å²) in [4.78, 5) is 1.64. The zero-order valence-electron chi connectivity index (χ0n) is 13.5. The topological polar surface area (TPSA) is 20.0 Å². The third-order valence-electron chi connectivity index (χ3n) is 4.24. The molecule has 2 aromatic carbocycles. The van der Waals surface area contributed by atoms with Crippen molar-refractivity contribution in [2.45, 2.75) is 13.5 Å². The van der Waals surface area contributed by atoms with Crippen LogP contribution in [0.3, 0.4) is 0 Å². The van der Waals surface area contributed by atoms with Gasteiger partial charge in [-0.25, -0.2) is 0 Å². The van der Waals surface area contributed by atoms with Crippen molar-refractivity contribution in [2.24, 2.45) is 5.10 Å². The minimum absolute atomic E-state index is 1.02. The second kappa shape index (κ2) is 7.75. The molecule has 0 spiro atoms. The first kappa shape index (κ1) is 16.2. The van der Waals surface area contributed by atoms with Gasteiger partial charge in [0, 0.05) is 10.0 Å². The first-order valence-electron chi connectivity index (χ1n) is 8.13. The summed E-state index contributed by atoms with van der Waals surface area (Å²) in [6, 6.07) is 17.1. The number of benzene rings is 2. The highest BCUT2D eigenvalue weighted by molar-refractivity contribution is 9.10. The van der Waals surface area contributed by atoms with E-state index in [4.69, 9.17) is 0 Å². The summed E-state index contributed by atoms with van der Waals surface area (Å²) in [5.74, 6) is 0. The molecule has 0 saturated carbocycles. The predicted molar refractivity (Wildman–Crippen MR) is 98.9 cm³/mol. The van der Waals surface area contributed by atoms with Gasteiger partial charge < -0.3 is 4.90 Å². The fourth-order valence-corrected chi connectivity index (χ4v) is 3.25. The lowest BCUT2D eigenvalue weighted by Crippen LogP contribution is -3.13. The molecule has 0 atom stereocenters.